The van der Waals surface area contributed by atoms with Crippen LogP contribution in [0.15, 0.2) is 30.3 Å². The Balaban J connectivity index is 0.00000533. The van der Waals surface area contributed by atoms with Gasteiger partial charge < -0.3 is 41.7 Å². The molecule has 1 heterocycles. The molecule has 2 aromatic carbocycles. The van der Waals surface area contributed by atoms with E-state index in [-0.39, 0.29) is 30.4 Å². The summed E-state index contributed by atoms with van der Waals surface area (Å²) in [6.07, 6.45) is 3.32. The first-order chi connectivity index (χ1) is 18.1. The van der Waals surface area contributed by atoms with E-state index in [2.05, 4.69) is 37.5 Å². The highest BCUT2D eigenvalue weighted by Gasteiger charge is 2.36. The Morgan fingerprint density at radius 3 is 2.10 bits per heavy atom. The van der Waals surface area contributed by atoms with Crippen LogP contribution in [0.5, 0.6) is 17.2 Å². The highest BCUT2D eigenvalue weighted by molar-refractivity contribution is 6.42. The molecule has 1 fully saturated rings. The third-order valence-corrected chi connectivity index (χ3v) is 8.57. The van der Waals surface area contributed by atoms with Crippen molar-refractivity contribution < 1.29 is 35.9 Å². The molecule has 3 rings (SSSR count). The summed E-state index contributed by atoms with van der Waals surface area (Å²) in [5.74, 6) is 2.37. The van der Waals surface area contributed by atoms with Gasteiger partial charge in [0.25, 0.3) is 0 Å². The van der Waals surface area contributed by atoms with E-state index >= 15 is 0 Å². The number of hydrogen-bond acceptors (Lipinski definition) is 4. The summed E-state index contributed by atoms with van der Waals surface area (Å²) in [7, 11) is 4.66. The second-order valence-electron chi connectivity index (χ2n) is 10.5. The number of likely N-dealkylation sites (N-methyl/N-ethyl adjacent to an activating group) is 1. The maximum absolute atomic E-state index is 13.1. The zero-order valence-electron chi connectivity index (χ0n) is 23.8. The van der Waals surface area contributed by atoms with Gasteiger partial charge in [-0.25, -0.2) is 4.79 Å². The lowest BCUT2D eigenvalue weighted by Crippen LogP contribution is -3.00. The number of piperidine rings is 1. The summed E-state index contributed by atoms with van der Waals surface area (Å²) < 4.78 is 17.2. The lowest BCUT2D eigenvalue weighted by Gasteiger charge is -2.45. The fraction of sp³-hybridized carbons (Fsp3) is 0.552. The van der Waals surface area contributed by atoms with E-state index in [0.29, 0.717) is 38.9 Å². The fourth-order valence-electron chi connectivity index (χ4n) is 5.33. The number of carbonyl (C=O) groups is 1. The van der Waals surface area contributed by atoms with Crippen LogP contribution >= 0.6 is 23.2 Å². The summed E-state index contributed by atoms with van der Waals surface area (Å²) in [5.41, 5.74) is 1.81. The standard InChI is InChI=1S/C29H41Cl2N3O4.ClH/c1-7-34(12-10-20(11-13-34)14-21-8-9-23(30)24(31)15-21)18-25(19(2)3)33-29(35)32-22-16-26(36-4)28(38-6)27(17-22)37-5;/h8-9,15-17,19-20,25H,7,10-14,18H2,1-6H3,(H-,32,33,35);1H/t20?,25-,34?;/m0./s1. The average Bonchev–Trinajstić information content (AvgIpc) is 2.90. The molecule has 0 aromatic heterocycles. The molecule has 0 radical (unpaired) electrons. The lowest BCUT2D eigenvalue weighted by molar-refractivity contribution is -0.933. The zero-order chi connectivity index (χ0) is 27.9. The molecule has 7 nitrogen and oxygen atoms in total. The minimum Gasteiger partial charge on any atom is -1.00 e. The Bertz CT molecular complexity index is 1070. The monoisotopic (exact) mass is 601 g/mol. The molecule has 2 N–H and O–H groups in total. The van der Waals surface area contributed by atoms with Crippen molar-refractivity contribution in [3.05, 3.63) is 45.9 Å². The van der Waals surface area contributed by atoms with Crippen molar-refractivity contribution in [2.75, 3.05) is 52.8 Å². The molecule has 39 heavy (non-hydrogen) atoms. The third-order valence-electron chi connectivity index (χ3n) is 7.83. The first kappa shape index (κ1) is 33.1. The van der Waals surface area contributed by atoms with Crippen LogP contribution in [0.25, 0.3) is 0 Å². The summed E-state index contributed by atoms with van der Waals surface area (Å²) in [6.45, 7) is 10.7. The smallest absolute Gasteiger partial charge is 0.319 e. The van der Waals surface area contributed by atoms with Gasteiger partial charge in [0.2, 0.25) is 5.75 Å². The van der Waals surface area contributed by atoms with Crippen molar-refractivity contribution in [1.82, 2.24) is 5.32 Å². The molecular weight excluding hydrogens is 561 g/mol. The van der Waals surface area contributed by atoms with E-state index in [1.807, 2.05) is 12.1 Å². The van der Waals surface area contributed by atoms with Crippen LogP contribution < -0.4 is 37.3 Å². The maximum Gasteiger partial charge on any atom is 0.319 e. The van der Waals surface area contributed by atoms with Gasteiger partial charge >= 0.3 is 6.03 Å². The van der Waals surface area contributed by atoms with Gasteiger partial charge in [0.05, 0.1) is 69.3 Å². The third kappa shape index (κ3) is 8.71. The molecule has 218 valence electrons. The number of ether oxygens (including phenoxy) is 3. The van der Waals surface area contributed by atoms with Gasteiger partial charge in [0.15, 0.2) is 11.5 Å². The maximum atomic E-state index is 13.1. The van der Waals surface area contributed by atoms with Crippen molar-refractivity contribution in [3.63, 3.8) is 0 Å². The Morgan fingerprint density at radius 2 is 1.62 bits per heavy atom. The number of rotatable bonds is 11. The largest absolute Gasteiger partial charge is 1.00 e. The second-order valence-corrected chi connectivity index (χ2v) is 11.4. The van der Waals surface area contributed by atoms with E-state index in [4.69, 9.17) is 37.4 Å². The lowest BCUT2D eigenvalue weighted by atomic mass is 9.88. The van der Waals surface area contributed by atoms with Gasteiger partial charge in [0, 0.05) is 12.1 Å². The highest BCUT2D eigenvalue weighted by atomic mass is 35.5. The van der Waals surface area contributed by atoms with Crippen molar-refractivity contribution in [2.45, 2.75) is 46.1 Å². The van der Waals surface area contributed by atoms with Gasteiger partial charge in [-0.1, -0.05) is 43.1 Å². The first-order valence-electron chi connectivity index (χ1n) is 13.3. The number of nitrogens with zero attached hydrogens (tertiary/aromatic N) is 1. The molecule has 0 unspecified atom stereocenters. The number of methoxy groups -OCH3 is 3. The minimum atomic E-state index is -0.248. The Labute approximate surface area is 249 Å². The topological polar surface area (TPSA) is 68.8 Å². The van der Waals surface area contributed by atoms with Gasteiger partial charge in [-0.3, -0.25) is 0 Å². The number of hydrogen-bond donors (Lipinski definition) is 2. The van der Waals surface area contributed by atoms with Gasteiger partial charge in [-0.2, -0.15) is 0 Å². The highest BCUT2D eigenvalue weighted by Crippen LogP contribution is 2.40. The number of nitrogens with one attached hydrogen (secondary N) is 2. The van der Waals surface area contributed by atoms with Crippen molar-refractivity contribution >= 4 is 34.9 Å². The summed E-state index contributed by atoms with van der Waals surface area (Å²) in [6, 6.07) is 9.19. The van der Waals surface area contributed by atoms with E-state index < -0.39 is 0 Å². The number of halogens is 3. The molecule has 1 saturated heterocycles. The number of carbonyl (C=O) groups excluding carboxylic acids is 1. The number of quaternary nitrogens is 1. The predicted molar refractivity (Wildman–Crippen MR) is 155 cm³/mol. The SMILES string of the molecule is CC[N+]1(C[C@H](NC(=O)Nc2cc(OC)c(OC)c(OC)c2)C(C)C)CCC(Cc2ccc(Cl)c(Cl)c2)CC1.[Cl-]. The number of anilines is 1. The molecule has 0 spiro atoms. The van der Waals surface area contributed by atoms with E-state index in [9.17, 15) is 4.79 Å². The molecular formula is C29H42Cl3N3O4. The van der Waals surface area contributed by atoms with Crippen LogP contribution in [0, 0.1) is 11.8 Å². The zero-order valence-corrected chi connectivity index (χ0v) is 26.1. The molecule has 10 heteroatoms. The summed E-state index contributed by atoms with van der Waals surface area (Å²) >= 11 is 12.3. The fourth-order valence-corrected chi connectivity index (χ4v) is 5.65. The van der Waals surface area contributed by atoms with Crippen LogP contribution in [0.1, 0.15) is 39.2 Å². The summed E-state index contributed by atoms with van der Waals surface area (Å²) in [5, 5.41) is 7.40. The van der Waals surface area contributed by atoms with Crippen molar-refractivity contribution in [3.8, 4) is 17.2 Å². The summed E-state index contributed by atoms with van der Waals surface area (Å²) in [4.78, 5) is 13.1. The minimum absolute atomic E-state index is 0. The Morgan fingerprint density at radius 1 is 1.00 bits per heavy atom. The molecule has 0 bridgehead atoms. The van der Waals surface area contributed by atoms with Crippen LogP contribution in [0.3, 0.4) is 0 Å². The molecule has 2 aromatic rings. The quantitative estimate of drug-likeness (QED) is 0.386. The number of likely N-dealkylation sites (tertiary alicyclic amines) is 1. The Kier molecular flexibility index (Phi) is 12.8. The normalized spacial score (nSPS) is 19.6. The average molecular weight is 603 g/mol. The van der Waals surface area contributed by atoms with E-state index in [1.165, 1.54) is 5.56 Å². The van der Waals surface area contributed by atoms with Gasteiger partial charge in [-0.05, 0) is 55.7 Å². The number of amides is 2. The van der Waals surface area contributed by atoms with Crippen molar-refractivity contribution in [2.24, 2.45) is 11.8 Å². The van der Waals surface area contributed by atoms with E-state index in [1.54, 1.807) is 33.5 Å². The molecule has 1 atom stereocenters. The first-order valence-corrected chi connectivity index (χ1v) is 14.1. The molecule has 0 aliphatic carbocycles. The van der Waals surface area contributed by atoms with Crippen LogP contribution in [-0.4, -0.2) is 64.1 Å². The predicted octanol–water partition coefficient (Wildman–Crippen LogP) is 3.66. The molecule has 2 amide bonds. The van der Waals surface area contributed by atoms with Crippen LogP contribution in [-0.2, 0) is 6.42 Å². The van der Waals surface area contributed by atoms with Crippen LogP contribution in [0.4, 0.5) is 10.5 Å². The number of benzene rings is 2. The van der Waals surface area contributed by atoms with Crippen molar-refractivity contribution in [1.29, 1.82) is 0 Å². The number of urea groups is 1. The molecule has 0 saturated carbocycles. The van der Waals surface area contributed by atoms with Gasteiger partial charge in [0.1, 0.15) is 0 Å². The van der Waals surface area contributed by atoms with Gasteiger partial charge in [-0.15, -0.1) is 0 Å². The van der Waals surface area contributed by atoms with Crippen LogP contribution in [0.2, 0.25) is 10.0 Å². The Hall–Kier alpha value is -2.06. The van der Waals surface area contributed by atoms with E-state index in [0.717, 1.165) is 49.9 Å². The second kappa shape index (κ2) is 15.1. The molecule has 1 aliphatic rings. The molecule has 1 aliphatic heterocycles.